The quantitative estimate of drug-likeness (QED) is 0.583. The summed E-state index contributed by atoms with van der Waals surface area (Å²) < 4.78 is 15.2. The van der Waals surface area contributed by atoms with Crippen molar-refractivity contribution in [1.82, 2.24) is 5.32 Å². The van der Waals surface area contributed by atoms with Gasteiger partial charge in [-0.25, -0.2) is 0 Å². The van der Waals surface area contributed by atoms with Crippen LogP contribution in [0.3, 0.4) is 0 Å². The molecule has 2 unspecified atom stereocenters. The molecule has 0 spiro atoms. The minimum Gasteiger partial charge on any atom is -0.468 e. The number of rotatable bonds is 10. The lowest BCUT2D eigenvalue weighted by molar-refractivity contribution is -0.143. The normalized spacial score (nSPS) is 14.4. The van der Waals surface area contributed by atoms with Crippen molar-refractivity contribution in [3.63, 3.8) is 0 Å². The van der Waals surface area contributed by atoms with E-state index in [4.69, 9.17) is 14.2 Å². The number of carbonyl (C=O) groups is 1. The molecule has 0 saturated heterocycles. The van der Waals surface area contributed by atoms with E-state index >= 15 is 0 Å². The van der Waals surface area contributed by atoms with Crippen molar-refractivity contribution in [3.05, 3.63) is 0 Å². The molecule has 0 radical (unpaired) electrons. The molecule has 5 heteroatoms. The first-order valence-electron chi connectivity index (χ1n) is 6.07. The number of carbonyl (C=O) groups excluding carboxylic acids is 1. The molecule has 5 nitrogen and oxygen atoms in total. The molecule has 0 aromatic heterocycles. The van der Waals surface area contributed by atoms with Gasteiger partial charge < -0.3 is 19.5 Å². The molecule has 0 heterocycles. The van der Waals surface area contributed by atoms with Gasteiger partial charge in [0.05, 0.1) is 19.8 Å². The third-order valence-electron chi connectivity index (χ3n) is 2.34. The highest BCUT2D eigenvalue weighted by Gasteiger charge is 2.18. The Bertz CT molecular complexity index is 199. The Kier molecular flexibility index (Phi) is 10.1. The van der Waals surface area contributed by atoms with Gasteiger partial charge in [0.1, 0.15) is 6.04 Å². The summed E-state index contributed by atoms with van der Waals surface area (Å²) in [5.41, 5.74) is 0. The van der Waals surface area contributed by atoms with Gasteiger partial charge in [0.2, 0.25) is 0 Å². The average molecular weight is 247 g/mol. The summed E-state index contributed by atoms with van der Waals surface area (Å²) in [6.07, 6.45) is 1.64. The van der Waals surface area contributed by atoms with Crippen LogP contribution in [0.25, 0.3) is 0 Å². The molecule has 0 aromatic carbocycles. The van der Waals surface area contributed by atoms with Crippen LogP contribution >= 0.6 is 0 Å². The van der Waals surface area contributed by atoms with E-state index in [-0.39, 0.29) is 18.1 Å². The van der Waals surface area contributed by atoms with Crippen molar-refractivity contribution in [2.45, 2.75) is 38.8 Å². The van der Waals surface area contributed by atoms with Gasteiger partial charge in [0, 0.05) is 13.7 Å². The molecule has 2 atom stereocenters. The van der Waals surface area contributed by atoms with Crippen LogP contribution in [-0.4, -0.2) is 52.1 Å². The maximum atomic E-state index is 11.5. The van der Waals surface area contributed by atoms with Crippen molar-refractivity contribution in [2.75, 3.05) is 34.0 Å². The highest BCUT2D eigenvalue weighted by Crippen LogP contribution is 1.99. The number of methoxy groups -OCH3 is 2. The summed E-state index contributed by atoms with van der Waals surface area (Å²) in [6, 6.07) is -0.283. The SMILES string of the molecule is CCCNC(CCOC(C)COC)C(=O)OC. The van der Waals surface area contributed by atoms with Crippen LogP contribution in [0.15, 0.2) is 0 Å². The molecule has 1 N–H and O–H groups in total. The van der Waals surface area contributed by atoms with E-state index in [2.05, 4.69) is 12.2 Å². The summed E-state index contributed by atoms with van der Waals surface area (Å²) in [7, 11) is 3.04. The lowest BCUT2D eigenvalue weighted by Crippen LogP contribution is -2.39. The van der Waals surface area contributed by atoms with Gasteiger partial charge in [-0.3, -0.25) is 4.79 Å². The van der Waals surface area contributed by atoms with E-state index in [0.29, 0.717) is 19.6 Å². The van der Waals surface area contributed by atoms with Crippen molar-refractivity contribution < 1.29 is 19.0 Å². The molecule has 0 aliphatic carbocycles. The third kappa shape index (κ3) is 8.12. The van der Waals surface area contributed by atoms with Gasteiger partial charge in [0.15, 0.2) is 0 Å². The minimum atomic E-state index is -0.283. The van der Waals surface area contributed by atoms with Gasteiger partial charge >= 0.3 is 5.97 Å². The second-order valence-corrected chi connectivity index (χ2v) is 3.96. The Labute approximate surface area is 104 Å². The van der Waals surface area contributed by atoms with E-state index in [9.17, 15) is 4.79 Å². The second kappa shape index (κ2) is 10.5. The number of nitrogens with one attached hydrogen (secondary N) is 1. The standard InChI is InChI=1S/C12H25NO4/c1-5-7-13-11(12(14)16-4)6-8-17-10(2)9-15-3/h10-11,13H,5-9H2,1-4H3. The fraction of sp³-hybridized carbons (Fsp3) is 0.917. The first kappa shape index (κ1) is 16.4. The number of esters is 1. The molecule has 0 aliphatic rings. The van der Waals surface area contributed by atoms with E-state index in [1.807, 2.05) is 6.92 Å². The van der Waals surface area contributed by atoms with Crippen LogP contribution in [0.2, 0.25) is 0 Å². The smallest absolute Gasteiger partial charge is 0.322 e. The molecule has 0 rings (SSSR count). The van der Waals surface area contributed by atoms with E-state index in [1.54, 1.807) is 7.11 Å². The van der Waals surface area contributed by atoms with Crippen molar-refractivity contribution in [1.29, 1.82) is 0 Å². The predicted octanol–water partition coefficient (Wildman–Crippen LogP) is 0.969. The molecule has 102 valence electrons. The van der Waals surface area contributed by atoms with Crippen molar-refractivity contribution in [3.8, 4) is 0 Å². The molecular formula is C12H25NO4. The van der Waals surface area contributed by atoms with Crippen molar-refractivity contribution >= 4 is 5.97 Å². The lowest BCUT2D eigenvalue weighted by atomic mass is 10.2. The van der Waals surface area contributed by atoms with E-state index in [1.165, 1.54) is 7.11 Å². The highest BCUT2D eigenvalue weighted by atomic mass is 16.5. The Morgan fingerprint density at radius 3 is 2.59 bits per heavy atom. The number of hydrogen-bond acceptors (Lipinski definition) is 5. The Morgan fingerprint density at radius 2 is 2.06 bits per heavy atom. The summed E-state index contributed by atoms with van der Waals surface area (Å²) in [4.78, 5) is 11.5. The second-order valence-electron chi connectivity index (χ2n) is 3.96. The van der Waals surface area contributed by atoms with Gasteiger partial charge in [-0.05, 0) is 26.3 Å². The maximum absolute atomic E-state index is 11.5. The first-order chi connectivity index (χ1) is 8.15. The summed E-state index contributed by atoms with van der Waals surface area (Å²) in [5.74, 6) is -0.235. The Morgan fingerprint density at radius 1 is 1.35 bits per heavy atom. The zero-order valence-corrected chi connectivity index (χ0v) is 11.3. The van der Waals surface area contributed by atoms with Crippen LogP contribution in [0.1, 0.15) is 26.7 Å². The molecule has 0 bridgehead atoms. The van der Waals surface area contributed by atoms with Gasteiger partial charge in [-0.2, -0.15) is 0 Å². The van der Waals surface area contributed by atoms with Crippen molar-refractivity contribution in [2.24, 2.45) is 0 Å². The highest BCUT2D eigenvalue weighted by molar-refractivity contribution is 5.75. The van der Waals surface area contributed by atoms with E-state index in [0.717, 1.165) is 13.0 Å². The zero-order valence-electron chi connectivity index (χ0n) is 11.3. The topological polar surface area (TPSA) is 56.8 Å². The average Bonchev–Trinajstić information content (AvgIpc) is 2.32. The minimum absolute atomic E-state index is 0.0458. The van der Waals surface area contributed by atoms with Crippen LogP contribution in [-0.2, 0) is 19.0 Å². The lowest BCUT2D eigenvalue weighted by Gasteiger charge is -2.17. The molecule has 17 heavy (non-hydrogen) atoms. The fourth-order valence-electron chi connectivity index (χ4n) is 1.43. The molecule has 0 aromatic rings. The van der Waals surface area contributed by atoms with Crippen LogP contribution in [0.5, 0.6) is 0 Å². The fourth-order valence-corrected chi connectivity index (χ4v) is 1.43. The van der Waals surface area contributed by atoms with Gasteiger partial charge in [-0.15, -0.1) is 0 Å². The van der Waals surface area contributed by atoms with E-state index < -0.39 is 0 Å². The van der Waals surface area contributed by atoms with Gasteiger partial charge in [-0.1, -0.05) is 6.92 Å². The molecular weight excluding hydrogens is 222 g/mol. The Balaban J connectivity index is 3.86. The summed E-state index contributed by atoms with van der Waals surface area (Å²) in [6.45, 7) is 5.87. The van der Waals surface area contributed by atoms with Crippen LogP contribution in [0, 0.1) is 0 Å². The molecule has 0 saturated carbocycles. The maximum Gasteiger partial charge on any atom is 0.322 e. The third-order valence-corrected chi connectivity index (χ3v) is 2.34. The predicted molar refractivity (Wildman–Crippen MR) is 66.0 cm³/mol. The monoisotopic (exact) mass is 247 g/mol. The van der Waals surface area contributed by atoms with Crippen LogP contribution < -0.4 is 5.32 Å². The zero-order chi connectivity index (χ0) is 13.1. The largest absolute Gasteiger partial charge is 0.468 e. The molecule has 0 amide bonds. The number of hydrogen-bond donors (Lipinski definition) is 1. The number of ether oxygens (including phenoxy) is 3. The Hall–Kier alpha value is -0.650. The van der Waals surface area contributed by atoms with Gasteiger partial charge in [0.25, 0.3) is 0 Å². The molecule has 0 aliphatic heterocycles. The summed E-state index contributed by atoms with van der Waals surface area (Å²) >= 11 is 0. The van der Waals surface area contributed by atoms with Crippen LogP contribution in [0.4, 0.5) is 0 Å². The summed E-state index contributed by atoms with van der Waals surface area (Å²) in [5, 5.41) is 3.14. The molecule has 0 fully saturated rings. The first-order valence-corrected chi connectivity index (χ1v) is 6.07.